The number of H-pyrrole nitrogens is 2. The van der Waals surface area contributed by atoms with E-state index in [2.05, 4.69) is 109 Å². The Bertz CT molecular complexity index is 2670. The van der Waals surface area contributed by atoms with E-state index in [-0.39, 0.29) is 23.9 Å². The number of rotatable bonds is 14. The number of aromatic amines is 2. The van der Waals surface area contributed by atoms with Gasteiger partial charge in [0.2, 0.25) is 11.8 Å². The van der Waals surface area contributed by atoms with E-state index in [1.54, 1.807) is 23.5 Å². The van der Waals surface area contributed by atoms with Gasteiger partial charge >= 0.3 is 12.2 Å². The Kier molecular flexibility index (Phi) is 19.6. The Labute approximate surface area is 434 Å². The van der Waals surface area contributed by atoms with Crippen molar-refractivity contribution in [3.05, 3.63) is 94.6 Å². The zero-order chi connectivity index (χ0) is 51.3. The summed E-state index contributed by atoms with van der Waals surface area (Å²) in [6, 6.07) is 11.2. The highest BCUT2D eigenvalue weighted by molar-refractivity contribution is 7.98. The first-order valence-corrected chi connectivity index (χ1v) is 28.7. The number of carbonyl (C=O) groups excluding carboxylic acids is 4. The second kappa shape index (κ2) is 26.0. The molecule has 2 aromatic carbocycles. The minimum atomic E-state index is -0.668. The average molecular weight is 1020 g/mol. The van der Waals surface area contributed by atoms with Crippen LogP contribution in [0.2, 0.25) is 0 Å². The molecule has 7 rings (SSSR count). The molecule has 2 aliphatic heterocycles. The summed E-state index contributed by atoms with van der Waals surface area (Å²) < 4.78 is 9.76. The molecule has 72 heavy (non-hydrogen) atoms. The zero-order valence-corrected chi connectivity index (χ0v) is 45.2. The number of nitrogens with zero attached hydrogens (tertiary/aromatic N) is 4. The molecular weight excluding hydrogens is 945 g/mol. The predicted octanol–water partition coefficient (Wildman–Crippen LogP) is 11.7. The molecule has 4 amide bonds. The van der Waals surface area contributed by atoms with Gasteiger partial charge in [0.25, 0.3) is 0 Å². The first-order chi connectivity index (χ1) is 34.8. The second-order valence-corrected chi connectivity index (χ2v) is 21.6. The van der Waals surface area contributed by atoms with Gasteiger partial charge in [-0.05, 0) is 179 Å². The molecule has 16 heteroatoms. The number of likely N-dealkylation sites (tertiary alicyclic amines) is 2. The van der Waals surface area contributed by atoms with Crippen LogP contribution in [0.15, 0.2) is 71.8 Å². The predicted molar refractivity (Wildman–Crippen MR) is 294 cm³/mol. The SMILES string of the molecule is C/C=C1\C=C(\c2ccc3[nH]c([C@@H]4CCCCN4C(=O)[C@H](CCSC)NC(=O)OC)nc3c2)[C@H](C)CC[C@@H](C)/C=C\C(=C(/C)c2ccc3[nH]c([C@@H]4CCCCN4C(=O)[C@H](CCSC)NC(=O)OC)nc3c2)CC1. The number of imidazole rings is 2. The molecular formula is C56H76N8O6S2. The van der Waals surface area contributed by atoms with Gasteiger partial charge in [-0.3, -0.25) is 9.59 Å². The van der Waals surface area contributed by atoms with Crippen molar-refractivity contribution in [1.82, 2.24) is 40.4 Å². The molecule has 0 saturated carbocycles. The van der Waals surface area contributed by atoms with Crippen LogP contribution in [0.1, 0.15) is 140 Å². The van der Waals surface area contributed by atoms with Gasteiger partial charge in [0, 0.05) is 13.1 Å². The minimum absolute atomic E-state index is 0.0994. The number of allylic oxidation sites excluding steroid dienone is 8. The summed E-state index contributed by atoms with van der Waals surface area (Å²) in [6.07, 6.45) is 22.3. The number of hydrogen-bond acceptors (Lipinski definition) is 10. The normalized spacial score (nSPS) is 23.6. The van der Waals surface area contributed by atoms with Crippen LogP contribution in [0.4, 0.5) is 9.59 Å². The summed E-state index contributed by atoms with van der Waals surface area (Å²) in [5, 5.41) is 5.58. The van der Waals surface area contributed by atoms with Gasteiger partial charge in [-0.15, -0.1) is 0 Å². The standard InChI is InChI=1S/C56H76N8O6S2/c1-9-38-19-21-39(37(4)40-22-24-43-47(33-40)59-51(57-43)49-14-10-12-28-63(49)53(65)45(26-30-71-7)61-55(67)69-5)20-17-35(2)16-18-36(3)42(32-38)41-23-25-44-48(34-41)60-52(58-44)50-15-11-13-29-64(50)54(66)46(27-31-72-8)62-56(68)70-6/h9,17,20,22-25,32-36,45-46,49-50H,10-16,18-19,21,26-31H2,1-8H3,(H,57,59)(H,58,60)(H,61,67)(H,62,68)/b20-17-,38-9-,39-37-,42-32+/t35-,36-,45+,46+,49+,50+/m1/s1. The quantitative estimate of drug-likeness (QED) is 0.0951. The summed E-state index contributed by atoms with van der Waals surface area (Å²) >= 11 is 3.29. The van der Waals surface area contributed by atoms with Gasteiger partial charge in [-0.2, -0.15) is 23.5 Å². The summed E-state index contributed by atoms with van der Waals surface area (Å²) in [6.45, 7) is 10.2. The molecule has 6 atom stereocenters. The number of nitrogens with one attached hydrogen (secondary N) is 4. The fourth-order valence-corrected chi connectivity index (χ4v) is 11.4. The van der Waals surface area contributed by atoms with Crippen LogP contribution in [0.25, 0.3) is 33.2 Å². The van der Waals surface area contributed by atoms with Crippen molar-refractivity contribution in [1.29, 1.82) is 0 Å². The highest BCUT2D eigenvalue weighted by Crippen LogP contribution is 2.37. The number of ether oxygens (including phenoxy) is 2. The molecule has 14 nitrogen and oxygen atoms in total. The van der Waals surface area contributed by atoms with Crippen LogP contribution in [0.5, 0.6) is 0 Å². The van der Waals surface area contributed by atoms with Crippen molar-refractivity contribution in [2.45, 2.75) is 129 Å². The lowest BCUT2D eigenvalue weighted by Crippen LogP contribution is -2.51. The number of thioether (sulfide) groups is 2. The van der Waals surface area contributed by atoms with E-state index in [0.29, 0.717) is 37.8 Å². The number of benzene rings is 2. The third-order valence-corrected chi connectivity index (χ3v) is 16.1. The fourth-order valence-electron chi connectivity index (χ4n) is 10.4. The van der Waals surface area contributed by atoms with Crippen LogP contribution in [0, 0.1) is 11.8 Å². The maximum Gasteiger partial charge on any atom is 0.407 e. The topological polar surface area (TPSA) is 175 Å². The van der Waals surface area contributed by atoms with E-state index >= 15 is 0 Å². The summed E-state index contributed by atoms with van der Waals surface area (Å²) in [5.41, 5.74) is 10.9. The molecule has 2 fully saturated rings. The number of carbonyl (C=O) groups is 4. The van der Waals surface area contributed by atoms with Crippen molar-refractivity contribution in [3.63, 3.8) is 0 Å². The number of piperidine rings is 2. The largest absolute Gasteiger partial charge is 0.453 e. The maximum atomic E-state index is 14.1. The lowest BCUT2D eigenvalue weighted by molar-refractivity contribution is -0.138. The van der Waals surface area contributed by atoms with Crippen LogP contribution in [-0.2, 0) is 19.1 Å². The van der Waals surface area contributed by atoms with E-state index in [1.807, 2.05) is 22.3 Å². The number of aromatic nitrogens is 4. The van der Waals surface area contributed by atoms with Crippen molar-refractivity contribution in [2.24, 2.45) is 11.8 Å². The molecule has 2 saturated heterocycles. The molecule has 3 aliphatic rings. The highest BCUT2D eigenvalue weighted by Gasteiger charge is 2.36. The third-order valence-electron chi connectivity index (χ3n) is 14.8. The molecule has 0 unspecified atom stereocenters. The number of amides is 4. The lowest BCUT2D eigenvalue weighted by atomic mass is 9.85. The number of hydrogen-bond donors (Lipinski definition) is 4. The molecule has 388 valence electrons. The highest BCUT2D eigenvalue weighted by atomic mass is 32.2. The number of alkyl carbamates (subject to hydrolysis) is 2. The number of fused-ring (bicyclic) bond motifs is 2. The Balaban J connectivity index is 1.12. The Morgan fingerprint density at radius 2 is 1.32 bits per heavy atom. The Morgan fingerprint density at radius 1 is 0.764 bits per heavy atom. The Hall–Kier alpha value is -5.48. The van der Waals surface area contributed by atoms with Crippen LogP contribution < -0.4 is 10.6 Å². The van der Waals surface area contributed by atoms with Gasteiger partial charge in [-0.25, -0.2) is 19.6 Å². The van der Waals surface area contributed by atoms with Gasteiger partial charge < -0.3 is 39.9 Å². The van der Waals surface area contributed by atoms with Gasteiger partial charge in [0.1, 0.15) is 23.7 Å². The molecule has 0 bridgehead atoms. The van der Waals surface area contributed by atoms with Crippen LogP contribution in [-0.4, -0.2) is 117 Å². The zero-order valence-electron chi connectivity index (χ0n) is 43.6. The van der Waals surface area contributed by atoms with E-state index in [1.165, 1.54) is 36.5 Å². The lowest BCUT2D eigenvalue weighted by Gasteiger charge is -2.36. The van der Waals surface area contributed by atoms with Crippen molar-refractivity contribution in [2.75, 3.05) is 51.3 Å². The molecule has 2 aromatic heterocycles. The van der Waals surface area contributed by atoms with E-state index in [4.69, 9.17) is 19.4 Å². The van der Waals surface area contributed by atoms with Gasteiger partial charge in [0.15, 0.2) is 0 Å². The Morgan fingerprint density at radius 3 is 1.86 bits per heavy atom. The van der Waals surface area contributed by atoms with E-state index < -0.39 is 24.3 Å². The van der Waals surface area contributed by atoms with Crippen LogP contribution >= 0.6 is 23.5 Å². The monoisotopic (exact) mass is 1020 g/mol. The first-order valence-electron chi connectivity index (χ1n) is 25.9. The minimum Gasteiger partial charge on any atom is -0.453 e. The summed E-state index contributed by atoms with van der Waals surface area (Å²) in [5.74, 6) is 3.50. The van der Waals surface area contributed by atoms with Crippen molar-refractivity contribution < 1.29 is 28.7 Å². The molecule has 0 radical (unpaired) electrons. The van der Waals surface area contributed by atoms with E-state index in [9.17, 15) is 19.2 Å². The number of methoxy groups -OCH3 is 2. The van der Waals surface area contributed by atoms with Gasteiger partial charge in [-0.1, -0.05) is 55.9 Å². The molecule has 4 heterocycles. The molecule has 4 aromatic rings. The molecule has 1 aliphatic carbocycles. The average Bonchev–Trinajstić information content (AvgIpc) is 4.04. The smallest absolute Gasteiger partial charge is 0.407 e. The maximum absolute atomic E-state index is 14.1. The van der Waals surface area contributed by atoms with Gasteiger partial charge in [0.05, 0.1) is 48.4 Å². The van der Waals surface area contributed by atoms with Crippen molar-refractivity contribution >= 4 is 80.7 Å². The van der Waals surface area contributed by atoms with Crippen molar-refractivity contribution in [3.8, 4) is 0 Å². The van der Waals surface area contributed by atoms with E-state index in [0.717, 1.165) is 121 Å². The molecule has 4 N–H and O–H groups in total. The summed E-state index contributed by atoms with van der Waals surface area (Å²) in [7, 11) is 2.64. The first kappa shape index (κ1) is 54.3. The molecule has 0 spiro atoms. The van der Waals surface area contributed by atoms with Crippen LogP contribution in [0.3, 0.4) is 0 Å². The third kappa shape index (κ3) is 13.4. The fraction of sp³-hybridized carbons (Fsp3) is 0.536. The second-order valence-electron chi connectivity index (χ2n) is 19.7. The summed E-state index contributed by atoms with van der Waals surface area (Å²) in [4.78, 5) is 73.9.